The third-order valence-corrected chi connectivity index (χ3v) is 8.47. The Bertz CT molecular complexity index is 1760. The summed E-state index contributed by atoms with van der Waals surface area (Å²) in [7, 11) is 3.96. The van der Waals surface area contributed by atoms with E-state index in [2.05, 4.69) is 183 Å². The summed E-state index contributed by atoms with van der Waals surface area (Å²) in [4.78, 5) is 2.15. The average molecular weight is 601 g/mol. The third-order valence-electron chi connectivity index (χ3n) is 8.47. The topological polar surface area (TPSA) is 15.3 Å². The van der Waals surface area contributed by atoms with Crippen LogP contribution >= 0.6 is 0 Å². The van der Waals surface area contributed by atoms with Crippen molar-refractivity contribution < 1.29 is 0 Å². The molecule has 230 valence electrons. The van der Waals surface area contributed by atoms with E-state index in [1.165, 1.54) is 50.1 Å². The van der Waals surface area contributed by atoms with E-state index in [1.807, 2.05) is 31.5 Å². The number of rotatable bonds is 9. The highest BCUT2D eigenvalue weighted by atomic mass is 15.1. The van der Waals surface area contributed by atoms with E-state index in [-0.39, 0.29) is 5.41 Å². The molecule has 0 radical (unpaired) electrons. The Balaban J connectivity index is 0.000000189. The fraction of sp³-hybridized carbons (Fsp3) is 0.136. The van der Waals surface area contributed by atoms with Crippen molar-refractivity contribution in [2.24, 2.45) is 0 Å². The van der Waals surface area contributed by atoms with Crippen LogP contribution < -0.4 is 5.32 Å². The molecular formula is C44H44N2. The van der Waals surface area contributed by atoms with Crippen molar-refractivity contribution in [2.45, 2.75) is 19.3 Å². The minimum absolute atomic E-state index is 0.262. The van der Waals surface area contributed by atoms with Crippen LogP contribution in [0.4, 0.5) is 0 Å². The van der Waals surface area contributed by atoms with Gasteiger partial charge in [-0.2, -0.15) is 0 Å². The minimum atomic E-state index is -0.262. The quantitative estimate of drug-likeness (QED) is 0.166. The lowest BCUT2D eigenvalue weighted by Gasteiger charge is -2.33. The largest absolute Gasteiger partial charge is 0.394 e. The smallest absolute Gasteiger partial charge is 0.0713 e. The summed E-state index contributed by atoms with van der Waals surface area (Å²) in [5.74, 6) is 0. The lowest BCUT2D eigenvalue weighted by Crippen LogP contribution is -2.28. The van der Waals surface area contributed by atoms with Gasteiger partial charge in [0.25, 0.3) is 0 Å². The Labute approximate surface area is 275 Å². The number of allylic oxidation sites excluding steroid dienone is 5. The molecule has 6 rings (SSSR count). The van der Waals surface area contributed by atoms with Crippen LogP contribution in [0.2, 0.25) is 0 Å². The molecule has 0 aromatic heterocycles. The number of fused-ring (bicyclic) bond motifs is 3. The van der Waals surface area contributed by atoms with Gasteiger partial charge in [0.1, 0.15) is 0 Å². The fourth-order valence-corrected chi connectivity index (χ4v) is 6.23. The maximum Gasteiger partial charge on any atom is 0.0713 e. The highest BCUT2D eigenvalue weighted by Gasteiger charge is 2.45. The molecule has 46 heavy (non-hydrogen) atoms. The Hall–Kier alpha value is -5.34. The summed E-state index contributed by atoms with van der Waals surface area (Å²) in [6.45, 7) is 5.10. The van der Waals surface area contributed by atoms with Gasteiger partial charge in [-0.15, -0.1) is 0 Å². The zero-order chi connectivity index (χ0) is 32.2. The summed E-state index contributed by atoms with van der Waals surface area (Å²) in [5.41, 5.74) is 11.6. The molecule has 0 amide bonds. The molecule has 0 unspecified atom stereocenters. The lowest BCUT2D eigenvalue weighted by atomic mass is 9.67. The van der Waals surface area contributed by atoms with E-state index in [9.17, 15) is 0 Å². The van der Waals surface area contributed by atoms with Gasteiger partial charge in [0.15, 0.2) is 0 Å². The summed E-state index contributed by atoms with van der Waals surface area (Å²) in [5, 5.41) is 2.95. The van der Waals surface area contributed by atoms with Gasteiger partial charge in [-0.1, -0.05) is 157 Å². The number of hydrogen-bond donors (Lipinski definition) is 1. The molecule has 0 saturated heterocycles. The number of hydrogen-bond acceptors (Lipinski definition) is 2. The summed E-state index contributed by atoms with van der Waals surface area (Å²) < 4.78 is 0. The molecule has 1 N–H and O–H groups in total. The monoisotopic (exact) mass is 600 g/mol. The van der Waals surface area contributed by atoms with E-state index in [0.29, 0.717) is 0 Å². The maximum absolute atomic E-state index is 2.95. The van der Waals surface area contributed by atoms with E-state index in [0.717, 1.165) is 6.54 Å². The number of nitrogens with zero attached hydrogens (tertiary/aromatic N) is 1. The Morgan fingerprint density at radius 2 is 1.22 bits per heavy atom. The third kappa shape index (κ3) is 6.98. The summed E-state index contributed by atoms with van der Waals surface area (Å²) >= 11 is 0. The first-order chi connectivity index (χ1) is 22.6. The van der Waals surface area contributed by atoms with Crippen molar-refractivity contribution in [2.75, 3.05) is 20.6 Å². The van der Waals surface area contributed by atoms with Gasteiger partial charge in [0.05, 0.1) is 5.41 Å². The molecule has 0 atom stereocenters. The normalized spacial score (nSPS) is 13.3. The zero-order valence-corrected chi connectivity index (χ0v) is 27.4. The minimum Gasteiger partial charge on any atom is -0.394 e. The predicted octanol–water partition coefficient (Wildman–Crippen LogP) is 10.2. The molecule has 5 aromatic carbocycles. The second-order valence-electron chi connectivity index (χ2n) is 11.5. The van der Waals surface area contributed by atoms with Crippen molar-refractivity contribution >= 4 is 5.57 Å². The van der Waals surface area contributed by atoms with Crippen LogP contribution in [0.5, 0.6) is 0 Å². The van der Waals surface area contributed by atoms with Gasteiger partial charge in [-0.3, -0.25) is 0 Å². The fourth-order valence-electron chi connectivity index (χ4n) is 6.23. The van der Waals surface area contributed by atoms with Gasteiger partial charge in [0.2, 0.25) is 0 Å². The number of likely N-dealkylation sites (N-methyl/N-ethyl adjacent to an activating group) is 1. The molecule has 0 bridgehead atoms. The van der Waals surface area contributed by atoms with Crippen LogP contribution in [0.1, 0.15) is 40.3 Å². The van der Waals surface area contributed by atoms with Gasteiger partial charge in [-0.25, -0.2) is 0 Å². The second-order valence-corrected chi connectivity index (χ2v) is 11.5. The lowest BCUT2D eigenvalue weighted by molar-refractivity contribution is 0.510. The molecule has 0 fully saturated rings. The number of benzene rings is 5. The van der Waals surface area contributed by atoms with Crippen molar-refractivity contribution in [3.8, 4) is 11.1 Å². The van der Waals surface area contributed by atoms with E-state index in [1.54, 1.807) is 0 Å². The van der Waals surface area contributed by atoms with Crippen LogP contribution in [-0.2, 0) is 5.41 Å². The first kappa shape index (κ1) is 32.1. The van der Waals surface area contributed by atoms with Crippen LogP contribution in [0.15, 0.2) is 176 Å². The predicted molar refractivity (Wildman–Crippen MR) is 198 cm³/mol. The molecule has 2 heteroatoms. The van der Waals surface area contributed by atoms with Crippen LogP contribution in [-0.4, -0.2) is 25.5 Å². The maximum atomic E-state index is 2.95. The van der Waals surface area contributed by atoms with E-state index in [4.69, 9.17) is 0 Å². The number of aryl methyl sites for hydroxylation is 1. The molecular weight excluding hydrogens is 556 g/mol. The van der Waals surface area contributed by atoms with Crippen LogP contribution in [0.3, 0.4) is 0 Å². The van der Waals surface area contributed by atoms with Gasteiger partial charge >= 0.3 is 0 Å². The van der Waals surface area contributed by atoms with Gasteiger partial charge in [0, 0.05) is 20.6 Å². The molecule has 5 aromatic rings. The van der Waals surface area contributed by atoms with Crippen molar-refractivity contribution in [1.82, 2.24) is 10.2 Å². The number of nitrogens with one attached hydrogen (secondary N) is 1. The highest BCUT2D eigenvalue weighted by Crippen LogP contribution is 2.55. The molecule has 1 aliphatic rings. The Morgan fingerprint density at radius 1 is 0.674 bits per heavy atom. The first-order valence-electron chi connectivity index (χ1n) is 16.0. The average Bonchev–Trinajstić information content (AvgIpc) is 3.41. The molecule has 0 aliphatic heterocycles. The SMILES string of the molecule is C/C=C(\C=C/N(C)C/C=C\C=C/NC)c1ccccc1.Cc1ccc(C2(c3ccccc3)c3ccccc3-c3ccccc32)cc1. The van der Waals surface area contributed by atoms with Crippen molar-refractivity contribution in [3.05, 3.63) is 210 Å². The molecule has 0 spiro atoms. The highest BCUT2D eigenvalue weighted by molar-refractivity contribution is 5.86. The molecule has 0 heterocycles. The molecule has 1 aliphatic carbocycles. The molecule has 2 nitrogen and oxygen atoms in total. The Kier molecular flexibility index (Phi) is 10.9. The van der Waals surface area contributed by atoms with Gasteiger partial charge < -0.3 is 10.2 Å². The van der Waals surface area contributed by atoms with Crippen molar-refractivity contribution in [1.29, 1.82) is 0 Å². The van der Waals surface area contributed by atoms with Gasteiger partial charge in [-0.05, 0) is 82.9 Å². The molecule has 0 saturated carbocycles. The Morgan fingerprint density at radius 3 is 1.80 bits per heavy atom. The van der Waals surface area contributed by atoms with Crippen LogP contribution in [0.25, 0.3) is 16.7 Å². The zero-order valence-electron chi connectivity index (χ0n) is 27.4. The van der Waals surface area contributed by atoms with E-state index >= 15 is 0 Å². The van der Waals surface area contributed by atoms with Crippen LogP contribution in [0, 0.1) is 6.92 Å². The summed E-state index contributed by atoms with van der Waals surface area (Å²) in [6.07, 6.45) is 14.4. The summed E-state index contributed by atoms with van der Waals surface area (Å²) in [6, 6.07) is 48.1. The second kappa shape index (κ2) is 15.6. The first-order valence-corrected chi connectivity index (χ1v) is 16.0. The van der Waals surface area contributed by atoms with Crippen molar-refractivity contribution in [3.63, 3.8) is 0 Å². The van der Waals surface area contributed by atoms with E-state index < -0.39 is 0 Å². The standard InChI is InChI=1S/C26H20.C18H24N2/c1-19-15-17-21(18-16-19)26(20-9-3-2-4-10-20)24-13-7-5-11-22(24)23-12-6-8-14-25(23)26;1-4-17(18-11-7-5-8-12-18)13-16-20(3)15-10-6-9-14-19-2/h2-18H,1H3;4-14,16,19H,15H2,1-3H3/b;10-6-,14-9-,16-13-,17-4+.